The van der Waals surface area contributed by atoms with E-state index in [1.807, 2.05) is 4.57 Å². The second kappa shape index (κ2) is 4.34. The maximum absolute atomic E-state index is 13.7. The van der Waals surface area contributed by atoms with E-state index < -0.39 is 11.8 Å². The minimum Gasteiger partial charge on any atom is -0.478 e. The number of halogens is 1. The number of carboxylic acids is 1. The van der Waals surface area contributed by atoms with Crippen molar-refractivity contribution in [1.82, 2.24) is 14.8 Å². The van der Waals surface area contributed by atoms with Crippen molar-refractivity contribution in [3.8, 4) is 0 Å². The van der Waals surface area contributed by atoms with E-state index in [9.17, 15) is 9.18 Å². The molecule has 19 heavy (non-hydrogen) atoms. The monoisotopic (exact) mass is 262 g/mol. The zero-order valence-corrected chi connectivity index (χ0v) is 9.95. The molecule has 1 aliphatic rings. The molecule has 6 nitrogen and oxygen atoms in total. The summed E-state index contributed by atoms with van der Waals surface area (Å²) in [5.74, 6) is -1.25. The lowest BCUT2D eigenvalue weighted by Crippen LogP contribution is -2.34. The third-order valence-electron chi connectivity index (χ3n) is 3.18. The Morgan fingerprint density at radius 1 is 1.37 bits per heavy atom. The van der Waals surface area contributed by atoms with Crippen LogP contribution in [0.4, 0.5) is 10.1 Å². The highest BCUT2D eigenvalue weighted by Crippen LogP contribution is 2.26. The van der Waals surface area contributed by atoms with Crippen molar-refractivity contribution < 1.29 is 14.3 Å². The molecule has 0 amide bonds. The van der Waals surface area contributed by atoms with Gasteiger partial charge in [-0.25, -0.2) is 9.18 Å². The zero-order chi connectivity index (χ0) is 13.4. The minimum absolute atomic E-state index is 0.296. The first-order valence-corrected chi connectivity index (χ1v) is 5.80. The molecule has 0 unspecified atom stereocenters. The molecular formula is C12H11FN4O2. The lowest BCUT2D eigenvalue weighted by atomic mass is 10.1. The SMILES string of the molecule is O=C(O)c1c(F)cccc1N1CCn2cnnc2C1. The number of rotatable bonds is 2. The van der Waals surface area contributed by atoms with Crippen LogP contribution in [0.1, 0.15) is 16.2 Å². The Morgan fingerprint density at radius 2 is 2.21 bits per heavy atom. The van der Waals surface area contributed by atoms with Crippen LogP contribution in [-0.4, -0.2) is 32.4 Å². The van der Waals surface area contributed by atoms with Crippen LogP contribution in [0.15, 0.2) is 24.5 Å². The van der Waals surface area contributed by atoms with Gasteiger partial charge in [0.15, 0.2) is 5.82 Å². The highest BCUT2D eigenvalue weighted by molar-refractivity contribution is 5.94. The quantitative estimate of drug-likeness (QED) is 0.878. The minimum atomic E-state index is -1.26. The fraction of sp³-hybridized carbons (Fsp3) is 0.250. The van der Waals surface area contributed by atoms with Crippen LogP contribution in [0.3, 0.4) is 0 Å². The second-order valence-corrected chi connectivity index (χ2v) is 4.30. The first kappa shape index (κ1) is 11.6. The predicted octanol–water partition coefficient (Wildman–Crippen LogP) is 1.14. The van der Waals surface area contributed by atoms with E-state index in [0.717, 1.165) is 11.9 Å². The molecule has 98 valence electrons. The normalized spacial score (nSPS) is 14.3. The van der Waals surface area contributed by atoms with Gasteiger partial charge < -0.3 is 14.6 Å². The third-order valence-corrected chi connectivity index (χ3v) is 3.18. The van der Waals surface area contributed by atoms with Gasteiger partial charge in [0.2, 0.25) is 0 Å². The number of hydrogen-bond acceptors (Lipinski definition) is 4. The molecule has 0 atom stereocenters. The largest absolute Gasteiger partial charge is 0.478 e. The number of fused-ring (bicyclic) bond motifs is 1. The van der Waals surface area contributed by atoms with Gasteiger partial charge in [0.25, 0.3) is 0 Å². The van der Waals surface area contributed by atoms with Gasteiger partial charge in [-0.1, -0.05) is 6.07 Å². The smallest absolute Gasteiger partial charge is 0.340 e. The molecule has 0 radical (unpaired) electrons. The van der Waals surface area contributed by atoms with Crippen molar-refractivity contribution in [3.05, 3.63) is 41.7 Å². The van der Waals surface area contributed by atoms with E-state index in [1.54, 1.807) is 17.3 Å². The number of benzene rings is 1. The number of hydrogen-bond donors (Lipinski definition) is 1. The molecule has 1 aromatic heterocycles. The molecule has 7 heteroatoms. The van der Waals surface area contributed by atoms with Gasteiger partial charge in [0.1, 0.15) is 17.7 Å². The third kappa shape index (κ3) is 1.92. The summed E-state index contributed by atoms with van der Waals surface area (Å²) in [7, 11) is 0. The van der Waals surface area contributed by atoms with Gasteiger partial charge in [-0.3, -0.25) is 0 Å². The van der Waals surface area contributed by atoms with Crippen LogP contribution in [0.2, 0.25) is 0 Å². The van der Waals surface area contributed by atoms with Crippen molar-refractivity contribution in [2.45, 2.75) is 13.1 Å². The summed E-state index contributed by atoms with van der Waals surface area (Å²) in [5.41, 5.74) is 0.0808. The molecule has 1 aliphatic heterocycles. The summed E-state index contributed by atoms with van der Waals surface area (Å²) >= 11 is 0. The first-order chi connectivity index (χ1) is 9.16. The lowest BCUT2D eigenvalue weighted by molar-refractivity contribution is 0.0692. The standard InChI is InChI=1S/C12H11FN4O2/c13-8-2-1-3-9(11(8)12(18)19)16-4-5-17-7-14-15-10(17)6-16/h1-3,7H,4-6H2,(H,18,19). The van der Waals surface area contributed by atoms with E-state index in [0.29, 0.717) is 25.3 Å². The Morgan fingerprint density at radius 3 is 3.00 bits per heavy atom. The van der Waals surface area contributed by atoms with E-state index in [4.69, 9.17) is 5.11 Å². The fourth-order valence-corrected chi connectivity index (χ4v) is 2.26. The van der Waals surface area contributed by atoms with Gasteiger partial charge in [-0.2, -0.15) is 0 Å². The molecule has 2 heterocycles. The van der Waals surface area contributed by atoms with Crippen LogP contribution >= 0.6 is 0 Å². The van der Waals surface area contributed by atoms with Crippen LogP contribution in [0.5, 0.6) is 0 Å². The maximum Gasteiger partial charge on any atom is 0.340 e. The van der Waals surface area contributed by atoms with Crippen LogP contribution in [-0.2, 0) is 13.1 Å². The van der Waals surface area contributed by atoms with E-state index >= 15 is 0 Å². The van der Waals surface area contributed by atoms with E-state index in [1.165, 1.54) is 6.07 Å². The second-order valence-electron chi connectivity index (χ2n) is 4.30. The highest BCUT2D eigenvalue weighted by atomic mass is 19.1. The van der Waals surface area contributed by atoms with Crippen molar-refractivity contribution >= 4 is 11.7 Å². The summed E-state index contributed by atoms with van der Waals surface area (Å²) in [6, 6.07) is 4.27. The Bertz CT molecular complexity index is 640. The van der Waals surface area contributed by atoms with Crippen molar-refractivity contribution in [1.29, 1.82) is 0 Å². The average Bonchev–Trinajstić information content (AvgIpc) is 2.85. The molecule has 0 saturated carbocycles. The number of anilines is 1. The molecule has 0 saturated heterocycles. The Kier molecular flexibility index (Phi) is 2.66. The van der Waals surface area contributed by atoms with Crippen molar-refractivity contribution in [3.63, 3.8) is 0 Å². The Hall–Kier alpha value is -2.44. The number of aromatic nitrogens is 3. The maximum atomic E-state index is 13.7. The van der Waals surface area contributed by atoms with Crippen LogP contribution in [0.25, 0.3) is 0 Å². The van der Waals surface area contributed by atoms with E-state index in [2.05, 4.69) is 10.2 Å². The zero-order valence-electron chi connectivity index (χ0n) is 9.95. The van der Waals surface area contributed by atoms with Crippen molar-refractivity contribution in [2.24, 2.45) is 0 Å². The number of carboxylic acid groups (broad SMARTS) is 1. The fourth-order valence-electron chi connectivity index (χ4n) is 2.26. The number of aromatic carboxylic acids is 1. The molecular weight excluding hydrogens is 251 g/mol. The van der Waals surface area contributed by atoms with Crippen LogP contribution < -0.4 is 4.90 Å². The summed E-state index contributed by atoms with van der Waals surface area (Å²) < 4.78 is 15.6. The van der Waals surface area contributed by atoms with Gasteiger partial charge >= 0.3 is 5.97 Å². The molecule has 0 aliphatic carbocycles. The van der Waals surface area contributed by atoms with Gasteiger partial charge in [-0.15, -0.1) is 10.2 Å². The predicted molar refractivity (Wildman–Crippen MR) is 64.4 cm³/mol. The van der Waals surface area contributed by atoms with Crippen molar-refractivity contribution in [2.75, 3.05) is 11.4 Å². The molecule has 0 bridgehead atoms. The Labute approximate surface area is 108 Å². The van der Waals surface area contributed by atoms with Gasteiger partial charge in [0, 0.05) is 13.1 Å². The van der Waals surface area contributed by atoms with Gasteiger partial charge in [0.05, 0.1) is 12.2 Å². The first-order valence-electron chi connectivity index (χ1n) is 5.80. The summed E-state index contributed by atoms with van der Waals surface area (Å²) in [6.45, 7) is 1.66. The van der Waals surface area contributed by atoms with Gasteiger partial charge in [-0.05, 0) is 12.1 Å². The summed E-state index contributed by atoms with van der Waals surface area (Å²) in [6.07, 6.45) is 1.64. The number of nitrogens with zero attached hydrogens (tertiary/aromatic N) is 4. The van der Waals surface area contributed by atoms with E-state index in [-0.39, 0.29) is 5.56 Å². The Balaban J connectivity index is 2.00. The molecule has 2 aromatic rings. The molecule has 3 rings (SSSR count). The highest BCUT2D eigenvalue weighted by Gasteiger charge is 2.24. The lowest BCUT2D eigenvalue weighted by Gasteiger charge is -2.30. The summed E-state index contributed by atoms with van der Waals surface area (Å²) in [4.78, 5) is 13.0. The molecule has 1 N–H and O–H groups in total. The average molecular weight is 262 g/mol. The molecule has 0 fully saturated rings. The molecule has 1 aromatic carbocycles. The number of carbonyl (C=O) groups is 1. The summed E-state index contributed by atoms with van der Waals surface area (Å²) in [5, 5.41) is 16.9. The topological polar surface area (TPSA) is 71.2 Å². The molecule has 0 spiro atoms. The van der Waals surface area contributed by atoms with Crippen LogP contribution in [0, 0.1) is 5.82 Å².